The van der Waals surface area contributed by atoms with Crippen molar-refractivity contribution in [1.29, 1.82) is 0 Å². The van der Waals surface area contributed by atoms with E-state index < -0.39 is 0 Å². The van der Waals surface area contributed by atoms with E-state index in [0.29, 0.717) is 6.54 Å². The van der Waals surface area contributed by atoms with E-state index in [0.717, 1.165) is 34.6 Å². The summed E-state index contributed by atoms with van der Waals surface area (Å²) in [6.45, 7) is 2.64. The van der Waals surface area contributed by atoms with E-state index in [9.17, 15) is 4.79 Å². The zero-order valence-corrected chi connectivity index (χ0v) is 11.4. The summed E-state index contributed by atoms with van der Waals surface area (Å²) in [5.74, 6) is 0. The number of halogens is 1. The lowest BCUT2D eigenvalue weighted by Gasteiger charge is -2.07. The number of hydrogen-bond donors (Lipinski definition) is 0. The van der Waals surface area contributed by atoms with E-state index in [2.05, 4.69) is 21.0 Å². The van der Waals surface area contributed by atoms with Gasteiger partial charge in [0.1, 0.15) is 0 Å². The van der Waals surface area contributed by atoms with Gasteiger partial charge in [0.05, 0.1) is 11.1 Å². The van der Waals surface area contributed by atoms with E-state index in [1.54, 1.807) is 4.68 Å². The summed E-state index contributed by atoms with van der Waals surface area (Å²) < 4.78 is 1.58. The monoisotopic (exact) mass is 294 g/mol. The number of aryl methyl sites for hydroxylation is 2. The summed E-state index contributed by atoms with van der Waals surface area (Å²) >= 11 is 3.39. The molecule has 3 nitrogen and oxygen atoms in total. The van der Waals surface area contributed by atoms with Crippen molar-refractivity contribution in [2.45, 2.75) is 26.3 Å². The Bertz CT molecular complexity index is 577. The van der Waals surface area contributed by atoms with E-state index >= 15 is 0 Å². The van der Waals surface area contributed by atoms with Crippen molar-refractivity contribution in [3.8, 4) is 0 Å². The number of fused-ring (bicyclic) bond motifs is 1. The normalized spacial score (nSPS) is 10.9. The van der Waals surface area contributed by atoms with Crippen LogP contribution in [-0.4, -0.2) is 15.1 Å². The molecule has 0 amide bonds. The van der Waals surface area contributed by atoms with Gasteiger partial charge in [-0.2, -0.15) is 5.10 Å². The maximum absolute atomic E-state index is 12.2. The second-order valence-corrected chi connectivity index (χ2v) is 4.85. The Labute approximate surface area is 109 Å². The highest BCUT2D eigenvalue weighted by Gasteiger charge is 2.06. The van der Waals surface area contributed by atoms with Crippen molar-refractivity contribution in [3.05, 3.63) is 40.3 Å². The van der Waals surface area contributed by atoms with Gasteiger partial charge in [-0.25, -0.2) is 4.68 Å². The molecule has 0 aliphatic carbocycles. The van der Waals surface area contributed by atoms with Crippen LogP contribution in [0.25, 0.3) is 10.8 Å². The van der Waals surface area contributed by atoms with Crippen molar-refractivity contribution in [1.82, 2.24) is 9.78 Å². The van der Waals surface area contributed by atoms with Crippen LogP contribution in [0.5, 0.6) is 0 Å². The van der Waals surface area contributed by atoms with Gasteiger partial charge in [0.25, 0.3) is 5.56 Å². The highest BCUT2D eigenvalue weighted by atomic mass is 79.9. The first-order valence-electron chi connectivity index (χ1n) is 5.76. The van der Waals surface area contributed by atoms with Crippen LogP contribution in [0.4, 0.5) is 0 Å². The molecule has 2 aromatic rings. The number of unbranched alkanes of at least 4 members (excludes halogenated alkanes) is 1. The van der Waals surface area contributed by atoms with Crippen molar-refractivity contribution < 1.29 is 0 Å². The van der Waals surface area contributed by atoms with Crippen molar-refractivity contribution in [2.24, 2.45) is 0 Å². The Balaban J connectivity index is 2.44. The van der Waals surface area contributed by atoms with E-state index in [-0.39, 0.29) is 5.56 Å². The van der Waals surface area contributed by atoms with Gasteiger partial charge in [0, 0.05) is 17.3 Å². The zero-order valence-electron chi connectivity index (χ0n) is 9.82. The Morgan fingerprint density at radius 1 is 1.24 bits per heavy atom. The van der Waals surface area contributed by atoms with Gasteiger partial charge in [-0.1, -0.05) is 34.1 Å². The molecule has 0 saturated heterocycles. The van der Waals surface area contributed by atoms with Gasteiger partial charge in [0.2, 0.25) is 0 Å². The first-order chi connectivity index (χ1) is 8.24. The molecule has 0 aliphatic heterocycles. The molecule has 2 rings (SSSR count). The van der Waals surface area contributed by atoms with E-state index in [4.69, 9.17) is 0 Å². The standard InChI is InChI=1S/C13H15BrN2O/c1-10-11-6-2-3-7-12(11)13(17)16(15-10)9-5-4-8-14/h2-3,6-7H,4-5,8-9H2,1H3. The SMILES string of the molecule is Cc1nn(CCCCBr)c(=O)c2ccccc12. The smallest absolute Gasteiger partial charge is 0.267 e. The number of nitrogens with zero attached hydrogens (tertiary/aromatic N) is 2. The van der Waals surface area contributed by atoms with Gasteiger partial charge >= 0.3 is 0 Å². The molecule has 0 bridgehead atoms. The van der Waals surface area contributed by atoms with Gasteiger partial charge in [-0.15, -0.1) is 0 Å². The highest BCUT2D eigenvalue weighted by Crippen LogP contribution is 2.11. The molecule has 0 atom stereocenters. The average molecular weight is 295 g/mol. The third kappa shape index (κ3) is 2.57. The molecule has 0 spiro atoms. The first kappa shape index (κ1) is 12.3. The number of rotatable bonds is 4. The Kier molecular flexibility index (Phi) is 3.94. The minimum atomic E-state index is 0.0146. The molecule has 0 aliphatic rings. The maximum atomic E-state index is 12.2. The molecule has 0 unspecified atom stereocenters. The second kappa shape index (κ2) is 5.45. The lowest BCUT2D eigenvalue weighted by molar-refractivity contribution is 0.545. The lowest BCUT2D eigenvalue weighted by Crippen LogP contribution is -2.24. The molecule has 1 aromatic heterocycles. The molecule has 90 valence electrons. The van der Waals surface area contributed by atoms with Crippen LogP contribution in [0.1, 0.15) is 18.5 Å². The van der Waals surface area contributed by atoms with Crippen LogP contribution in [0.3, 0.4) is 0 Å². The Hall–Kier alpha value is -1.16. The summed E-state index contributed by atoms with van der Waals surface area (Å²) in [5, 5.41) is 7.04. The second-order valence-electron chi connectivity index (χ2n) is 4.06. The third-order valence-corrected chi connectivity index (χ3v) is 3.37. The van der Waals surface area contributed by atoms with Gasteiger partial charge < -0.3 is 0 Å². The number of aromatic nitrogens is 2. The fraction of sp³-hybridized carbons (Fsp3) is 0.385. The van der Waals surface area contributed by atoms with Crippen LogP contribution in [0.15, 0.2) is 29.1 Å². The zero-order chi connectivity index (χ0) is 12.3. The van der Waals surface area contributed by atoms with Gasteiger partial charge in [-0.3, -0.25) is 4.79 Å². The van der Waals surface area contributed by atoms with Crippen molar-refractivity contribution in [3.63, 3.8) is 0 Å². The fourth-order valence-electron chi connectivity index (χ4n) is 1.91. The van der Waals surface area contributed by atoms with E-state index in [1.165, 1.54) is 0 Å². The van der Waals surface area contributed by atoms with E-state index in [1.807, 2.05) is 31.2 Å². The molecule has 4 heteroatoms. The van der Waals surface area contributed by atoms with Crippen LogP contribution in [0, 0.1) is 6.92 Å². The summed E-state index contributed by atoms with van der Waals surface area (Å²) in [7, 11) is 0. The van der Waals surface area contributed by atoms with Crippen molar-refractivity contribution in [2.75, 3.05) is 5.33 Å². The summed E-state index contributed by atoms with van der Waals surface area (Å²) in [5.41, 5.74) is 0.930. The molecule has 0 radical (unpaired) electrons. The number of benzene rings is 1. The molecule has 0 fully saturated rings. The highest BCUT2D eigenvalue weighted by molar-refractivity contribution is 9.09. The summed E-state index contributed by atoms with van der Waals surface area (Å²) in [6, 6.07) is 7.65. The maximum Gasteiger partial charge on any atom is 0.274 e. The molecule has 0 N–H and O–H groups in total. The average Bonchev–Trinajstić information content (AvgIpc) is 2.36. The minimum Gasteiger partial charge on any atom is -0.267 e. The van der Waals surface area contributed by atoms with Crippen LogP contribution in [-0.2, 0) is 6.54 Å². The van der Waals surface area contributed by atoms with Crippen LogP contribution < -0.4 is 5.56 Å². The number of hydrogen-bond acceptors (Lipinski definition) is 2. The minimum absolute atomic E-state index is 0.0146. The van der Waals surface area contributed by atoms with Gasteiger partial charge in [-0.05, 0) is 25.8 Å². The molecular formula is C13H15BrN2O. The van der Waals surface area contributed by atoms with Gasteiger partial charge in [0.15, 0.2) is 0 Å². The quantitative estimate of drug-likeness (QED) is 0.642. The fourth-order valence-corrected chi connectivity index (χ4v) is 2.31. The summed E-state index contributed by atoms with van der Waals surface area (Å²) in [4.78, 5) is 12.2. The first-order valence-corrected chi connectivity index (χ1v) is 6.88. The predicted molar refractivity (Wildman–Crippen MR) is 73.8 cm³/mol. The molecule has 17 heavy (non-hydrogen) atoms. The predicted octanol–water partition coefficient (Wildman–Crippen LogP) is 2.88. The molecule has 0 saturated carbocycles. The largest absolute Gasteiger partial charge is 0.274 e. The molecule has 1 aromatic carbocycles. The summed E-state index contributed by atoms with van der Waals surface area (Å²) in [6.07, 6.45) is 2.02. The number of alkyl halides is 1. The van der Waals surface area contributed by atoms with Crippen molar-refractivity contribution >= 4 is 26.7 Å². The Morgan fingerprint density at radius 2 is 1.94 bits per heavy atom. The topological polar surface area (TPSA) is 34.9 Å². The van der Waals surface area contributed by atoms with Crippen LogP contribution >= 0.6 is 15.9 Å². The molecular weight excluding hydrogens is 280 g/mol. The molecule has 1 heterocycles. The van der Waals surface area contributed by atoms with Crippen LogP contribution in [0.2, 0.25) is 0 Å². The third-order valence-electron chi connectivity index (χ3n) is 2.81. The lowest BCUT2D eigenvalue weighted by atomic mass is 10.1. The Morgan fingerprint density at radius 3 is 2.65 bits per heavy atom.